The molecule has 0 unspecified atom stereocenters. The van der Waals surface area contributed by atoms with Gasteiger partial charge >= 0.3 is 41.2 Å². The zero-order valence-corrected chi connectivity index (χ0v) is 18.2. The molecule has 34 heavy (non-hydrogen) atoms. The number of carbonyl (C=O) groups is 2. The summed E-state index contributed by atoms with van der Waals surface area (Å²) in [4.78, 5) is 50.1. The minimum absolute atomic E-state index is 0. The van der Waals surface area contributed by atoms with Gasteiger partial charge in [-0.2, -0.15) is 0 Å². The number of carbonyl (C=O) groups excluding carboxylic acids is 1. The number of benzene rings is 2. The SMILES string of the molecule is Cc1c(=O)n(Cc2ccc(C(=O)O)cc2)c(=O)n2cc(C(=O)NCc3ccc(F)cc3)sc12.[NaH]. The third-order valence-corrected chi connectivity index (χ3v) is 6.33. The van der Waals surface area contributed by atoms with Crippen LogP contribution in [0.25, 0.3) is 4.83 Å². The van der Waals surface area contributed by atoms with E-state index >= 15 is 0 Å². The Balaban J connectivity index is 0.00000324. The number of amides is 1. The minimum atomic E-state index is -1.07. The van der Waals surface area contributed by atoms with E-state index < -0.39 is 23.1 Å². The van der Waals surface area contributed by atoms with Crippen molar-refractivity contribution in [1.82, 2.24) is 14.3 Å². The summed E-state index contributed by atoms with van der Waals surface area (Å²) >= 11 is 1.03. The standard InChI is InChI=1S/C23H18FN3O5S.Na.H/c1-13-20(29)26(11-15-2-6-16(7-3-15)22(30)31)23(32)27-12-18(33-21(13)27)19(28)25-10-14-4-8-17(24)9-5-14;;/h2-9,12H,10-11H2,1H3,(H,25,28)(H,30,31);;. The second kappa shape index (κ2) is 10.5. The van der Waals surface area contributed by atoms with Crippen molar-refractivity contribution in [2.75, 3.05) is 0 Å². The van der Waals surface area contributed by atoms with Gasteiger partial charge in [0.25, 0.3) is 11.5 Å². The first kappa shape index (κ1) is 25.6. The van der Waals surface area contributed by atoms with Crippen molar-refractivity contribution in [2.24, 2.45) is 0 Å². The first-order valence-corrected chi connectivity index (χ1v) is 10.7. The normalized spacial score (nSPS) is 10.6. The molecule has 0 bridgehead atoms. The Labute approximate surface area is 218 Å². The van der Waals surface area contributed by atoms with Gasteiger partial charge in [-0.1, -0.05) is 24.3 Å². The summed E-state index contributed by atoms with van der Waals surface area (Å²) in [6.45, 7) is 1.72. The zero-order chi connectivity index (χ0) is 23.7. The fourth-order valence-corrected chi connectivity index (χ4v) is 4.32. The van der Waals surface area contributed by atoms with Gasteiger partial charge in [0.05, 0.1) is 12.1 Å². The maximum atomic E-state index is 13.0. The fraction of sp³-hybridized carbons (Fsp3) is 0.130. The average Bonchev–Trinajstić information content (AvgIpc) is 3.26. The molecule has 0 fully saturated rings. The number of rotatable bonds is 6. The predicted molar refractivity (Wildman–Crippen MR) is 128 cm³/mol. The van der Waals surface area contributed by atoms with E-state index in [1.807, 2.05) is 0 Å². The van der Waals surface area contributed by atoms with Gasteiger partial charge in [-0.15, -0.1) is 11.3 Å². The van der Waals surface area contributed by atoms with Crippen molar-refractivity contribution in [3.05, 3.63) is 109 Å². The number of aryl methyl sites for hydroxylation is 1. The van der Waals surface area contributed by atoms with Gasteiger partial charge in [0, 0.05) is 18.3 Å². The molecule has 170 valence electrons. The van der Waals surface area contributed by atoms with Gasteiger partial charge < -0.3 is 10.4 Å². The van der Waals surface area contributed by atoms with Crippen LogP contribution in [0.2, 0.25) is 0 Å². The van der Waals surface area contributed by atoms with Crippen LogP contribution in [0.1, 0.15) is 36.7 Å². The fourth-order valence-electron chi connectivity index (χ4n) is 3.32. The monoisotopic (exact) mass is 491 g/mol. The van der Waals surface area contributed by atoms with Gasteiger partial charge in [-0.05, 0) is 42.3 Å². The van der Waals surface area contributed by atoms with Crippen LogP contribution in [0.15, 0.2) is 64.3 Å². The molecular weight excluding hydrogens is 472 g/mol. The van der Waals surface area contributed by atoms with E-state index in [4.69, 9.17) is 5.11 Å². The molecule has 2 N–H and O–H groups in total. The maximum absolute atomic E-state index is 13.0. The molecule has 0 radical (unpaired) electrons. The van der Waals surface area contributed by atoms with Crippen LogP contribution in [-0.4, -0.2) is 55.5 Å². The summed E-state index contributed by atoms with van der Waals surface area (Å²) in [6.07, 6.45) is 1.39. The van der Waals surface area contributed by atoms with Crippen LogP contribution in [0.5, 0.6) is 0 Å². The summed E-state index contributed by atoms with van der Waals surface area (Å²) < 4.78 is 15.3. The van der Waals surface area contributed by atoms with Crippen LogP contribution >= 0.6 is 11.3 Å². The molecule has 0 aliphatic rings. The van der Waals surface area contributed by atoms with Crippen LogP contribution in [0.4, 0.5) is 4.39 Å². The molecule has 8 nitrogen and oxygen atoms in total. The quantitative estimate of drug-likeness (QED) is 0.401. The van der Waals surface area contributed by atoms with Crippen LogP contribution in [-0.2, 0) is 13.1 Å². The average molecular weight is 491 g/mol. The Morgan fingerprint density at radius 2 is 1.65 bits per heavy atom. The number of aromatic nitrogens is 2. The van der Waals surface area contributed by atoms with E-state index in [0.29, 0.717) is 21.5 Å². The molecule has 0 spiro atoms. The zero-order valence-electron chi connectivity index (χ0n) is 17.4. The number of carboxylic acid groups (broad SMARTS) is 1. The summed E-state index contributed by atoms with van der Waals surface area (Å²) in [5.41, 5.74) is 0.640. The van der Waals surface area contributed by atoms with Gasteiger partial charge in [-0.3, -0.25) is 18.6 Å². The van der Waals surface area contributed by atoms with Crippen molar-refractivity contribution in [2.45, 2.75) is 20.0 Å². The van der Waals surface area contributed by atoms with E-state index in [2.05, 4.69) is 5.32 Å². The number of thiazole rings is 1. The number of fused-ring (bicyclic) bond motifs is 1. The van der Waals surface area contributed by atoms with Crippen molar-refractivity contribution >= 4 is 57.6 Å². The van der Waals surface area contributed by atoms with Gasteiger partial charge in [0.15, 0.2) is 0 Å². The molecule has 2 heterocycles. The van der Waals surface area contributed by atoms with E-state index in [0.717, 1.165) is 15.9 Å². The molecule has 2 aromatic carbocycles. The Morgan fingerprint density at radius 1 is 1.03 bits per heavy atom. The molecule has 0 aliphatic carbocycles. The third kappa shape index (κ3) is 5.20. The summed E-state index contributed by atoms with van der Waals surface area (Å²) in [6, 6.07) is 11.6. The number of carboxylic acids is 1. The Kier molecular flexibility index (Phi) is 7.88. The van der Waals surface area contributed by atoms with Crippen molar-refractivity contribution < 1.29 is 19.1 Å². The number of nitrogens with zero attached hydrogens (tertiary/aromatic N) is 2. The number of hydrogen-bond acceptors (Lipinski definition) is 5. The topological polar surface area (TPSA) is 110 Å². The van der Waals surface area contributed by atoms with Gasteiger partial charge in [0.1, 0.15) is 15.5 Å². The van der Waals surface area contributed by atoms with Gasteiger partial charge in [-0.25, -0.2) is 14.0 Å². The number of halogens is 1. The molecule has 0 atom stereocenters. The summed E-state index contributed by atoms with van der Waals surface area (Å²) in [7, 11) is 0. The first-order chi connectivity index (χ1) is 15.7. The van der Waals surface area contributed by atoms with Crippen molar-refractivity contribution in [3.63, 3.8) is 0 Å². The van der Waals surface area contributed by atoms with Crippen LogP contribution in [0.3, 0.4) is 0 Å². The molecular formula is C23H19FN3NaO5S. The molecule has 4 aromatic rings. The van der Waals surface area contributed by atoms with Crippen LogP contribution < -0.4 is 16.6 Å². The number of hydrogen-bond donors (Lipinski definition) is 2. The van der Waals surface area contributed by atoms with E-state index in [-0.39, 0.29) is 58.9 Å². The number of aromatic carboxylic acids is 1. The van der Waals surface area contributed by atoms with Crippen molar-refractivity contribution in [3.8, 4) is 0 Å². The molecule has 4 rings (SSSR count). The summed E-state index contributed by atoms with van der Waals surface area (Å²) in [5, 5.41) is 11.7. The molecule has 2 aromatic heterocycles. The Bertz CT molecular complexity index is 1490. The summed E-state index contributed by atoms with van der Waals surface area (Å²) in [5.74, 6) is -1.86. The van der Waals surface area contributed by atoms with Crippen molar-refractivity contribution in [1.29, 1.82) is 0 Å². The van der Waals surface area contributed by atoms with Gasteiger partial charge in [0.2, 0.25) is 0 Å². The molecule has 1 amide bonds. The molecule has 11 heteroatoms. The van der Waals surface area contributed by atoms with E-state index in [1.54, 1.807) is 31.2 Å². The Morgan fingerprint density at radius 3 is 2.26 bits per heavy atom. The Hall–Kier alpha value is -3.05. The molecule has 0 aliphatic heterocycles. The first-order valence-electron chi connectivity index (χ1n) is 9.85. The number of nitrogens with one attached hydrogen (secondary N) is 1. The third-order valence-electron chi connectivity index (χ3n) is 5.13. The van der Waals surface area contributed by atoms with E-state index in [9.17, 15) is 23.6 Å². The van der Waals surface area contributed by atoms with Crippen LogP contribution in [0, 0.1) is 12.7 Å². The molecule has 0 saturated carbocycles. The van der Waals surface area contributed by atoms with E-state index in [1.165, 1.54) is 34.9 Å². The second-order valence-electron chi connectivity index (χ2n) is 7.38. The second-order valence-corrected chi connectivity index (χ2v) is 8.41. The molecule has 0 saturated heterocycles. The predicted octanol–water partition coefficient (Wildman–Crippen LogP) is 2.00.